The summed E-state index contributed by atoms with van der Waals surface area (Å²) < 4.78 is 25.8. The molecule has 0 spiro atoms. The van der Waals surface area contributed by atoms with E-state index in [0.717, 1.165) is 6.07 Å². The van der Waals surface area contributed by atoms with E-state index >= 15 is 0 Å². The zero-order valence-corrected chi connectivity index (χ0v) is 8.17. The quantitative estimate of drug-likeness (QED) is 0.747. The van der Waals surface area contributed by atoms with E-state index in [9.17, 15) is 8.78 Å². The summed E-state index contributed by atoms with van der Waals surface area (Å²) in [5.41, 5.74) is 0.703. The molecule has 76 valence electrons. The van der Waals surface area contributed by atoms with E-state index in [1.165, 1.54) is 24.5 Å². The number of hydrogen-bond acceptors (Lipinski definition) is 2. The monoisotopic (exact) mass is 226 g/mol. The van der Waals surface area contributed by atoms with Crippen molar-refractivity contribution < 1.29 is 8.78 Å². The van der Waals surface area contributed by atoms with Gasteiger partial charge in [0, 0.05) is 11.6 Å². The second-order valence-electron chi connectivity index (χ2n) is 2.88. The largest absolute Gasteiger partial charge is 0.251 e. The smallest absolute Gasteiger partial charge is 0.147 e. The van der Waals surface area contributed by atoms with Crippen LogP contribution in [0.2, 0.25) is 5.15 Å². The highest BCUT2D eigenvalue weighted by molar-refractivity contribution is 6.29. The molecule has 0 aliphatic carbocycles. The molecule has 2 aromatic rings. The lowest BCUT2D eigenvalue weighted by Gasteiger charge is -2.00. The second kappa shape index (κ2) is 3.90. The summed E-state index contributed by atoms with van der Waals surface area (Å²) >= 11 is 5.54. The Labute approximate surface area is 89.6 Å². The molecular weight excluding hydrogens is 222 g/mol. The predicted octanol–water partition coefficient (Wildman–Crippen LogP) is 3.08. The molecule has 0 unspecified atom stereocenters. The molecule has 0 bridgehead atoms. The molecule has 0 aliphatic heterocycles. The third-order valence-electron chi connectivity index (χ3n) is 1.78. The SMILES string of the molecule is Fc1cc(F)cc(-c2cnc(Cl)cn2)c1. The van der Waals surface area contributed by atoms with Gasteiger partial charge in [0.05, 0.1) is 18.1 Å². The summed E-state index contributed by atoms with van der Waals surface area (Å²) in [4.78, 5) is 7.68. The summed E-state index contributed by atoms with van der Waals surface area (Å²) in [7, 11) is 0. The number of aromatic nitrogens is 2. The highest BCUT2D eigenvalue weighted by atomic mass is 35.5. The molecule has 0 saturated carbocycles. The van der Waals surface area contributed by atoms with Crippen molar-refractivity contribution in [3.63, 3.8) is 0 Å². The molecule has 15 heavy (non-hydrogen) atoms. The van der Waals surface area contributed by atoms with Gasteiger partial charge in [-0.25, -0.2) is 13.8 Å². The Bertz CT molecular complexity index is 465. The molecule has 0 aliphatic rings. The number of hydrogen-bond donors (Lipinski definition) is 0. The van der Waals surface area contributed by atoms with Crippen LogP contribution in [0.1, 0.15) is 0 Å². The lowest BCUT2D eigenvalue weighted by molar-refractivity contribution is 0.584. The van der Waals surface area contributed by atoms with Crippen molar-refractivity contribution in [2.24, 2.45) is 0 Å². The molecule has 1 aromatic heterocycles. The summed E-state index contributed by atoms with van der Waals surface area (Å²) in [5.74, 6) is -1.30. The van der Waals surface area contributed by atoms with Gasteiger partial charge in [0.1, 0.15) is 16.8 Å². The van der Waals surface area contributed by atoms with Crippen molar-refractivity contribution in [2.45, 2.75) is 0 Å². The van der Waals surface area contributed by atoms with Crippen LogP contribution in [-0.2, 0) is 0 Å². The molecule has 0 N–H and O–H groups in total. The first-order chi connectivity index (χ1) is 7.15. The summed E-state index contributed by atoms with van der Waals surface area (Å²) in [5, 5.41) is 0.232. The topological polar surface area (TPSA) is 25.8 Å². The van der Waals surface area contributed by atoms with Crippen LogP contribution in [0.15, 0.2) is 30.6 Å². The van der Waals surface area contributed by atoms with E-state index in [1.54, 1.807) is 0 Å². The van der Waals surface area contributed by atoms with Crippen LogP contribution in [0.4, 0.5) is 8.78 Å². The minimum Gasteiger partial charge on any atom is -0.251 e. The molecule has 2 rings (SSSR count). The molecule has 0 radical (unpaired) electrons. The molecule has 0 atom stereocenters. The lowest BCUT2D eigenvalue weighted by atomic mass is 10.1. The molecular formula is C10H5ClF2N2. The first kappa shape index (κ1) is 9.98. The molecule has 0 fully saturated rings. The second-order valence-corrected chi connectivity index (χ2v) is 3.27. The highest BCUT2D eigenvalue weighted by Gasteiger charge is 2.04. The van der Waals surface area contributed by atoms with Gasteiger partial charge in [-0.15, -0.1) is 0 Å². The number of rotatable bonds is 1. The van der Waals surface area contributed by atoms with Gasteiger partial charge >= 0.3 is 0 Å². The van der Waals surface area contributed by atoms with Crippen molar-refractivity contribution in [3.05, 3.63) is 47.4 Å². The Balaban J connectivity index is 2.49. The lowest BCUT2D eigenvalue weighted by Crippen LogP contribution is -1.88. The maximum atomic E-state index is 12.9. The van der Waals surface area contributed by atoms with Gasteiger partial charge in [0.15, 0.2) is 0 Å². The zero-order chi connectivity index (χ0) is 10.8. The van der Waals surface area contributed by atoms with Crippen molar-refractivity contribution in [1.82, 2.24) is 9.97 Å². The Hall–Kier alpha value is -1.55. The molecule has 0 saturated heterocycles. The number of nitrogens with zero attached hydrogens (tertiary/aromatic N) is 2. The van der Waals surface area contributed by atoms with E-state index in [4.69, 9.17) is 11.6 Å². The van der Waals surface area contributed by atoms with E-state index in [-0.39, 0.29) is 5.15 Å². The number of halogens is 3. The standard InChI is InChI=1S/C10H5ClF2N2/c11-10-5-14-9(4-15-10)6-1-7(12)3-8(13)2-6/h1-5H. The van der Waals surface area contributed by atoms with Crippen molar-refractivity contribution in [2.75, 3.05) is 0 Å². The van der Waals surface area contributed by atoms with E-state index in [0.29, 0.717) is 11.3 Å². The molecule has 1 heterocycles. The van der Waals surface area contributed by atoms with Crippen molar-refractivity contribution in [3.8, 4) is 11.3 Å². The Kier molecular flexibility index (Phi) is 2.60. The van der Waals surface area contributed by atoms with Crippen molar-refractivity contribution in [1.29, 1.82) is 0 Å². The Morgan fingerprint density at radius 3 is 2.13 bits per heavy atom. The van der Waals surface area contributed by atoms with Gasteiger partial charge < -0.3 is 0 Å². The molecule has 5 heteroatoms. The van der Waals surface area contributed by atoms with E-state index in [2.05, 4.69) is 9.97 Å². The van der Waals surface area contributed by atoms with Gasteiger partial charge in [0.2, 0.25) is 0 Å². The predicted molar refractivity (Wildman–Crippen MR) is 52.4 cm³/mol. The van der Waals surface area contributed by atoms with Crippen LogP contribution in [0.3, 0.4) is 0 Å². The molecule has 1 aromatic carbocycles. The van der Waals surface area contributed by atoms with Crippen LogP contribution < -0.4 is 0 Å². The third kappa shape index (κ3) is 2.27. The van der Waals surface area contributed by atoms with Gasteiger partial charge in [0.25, 0.3) is 0 Å². The summed E-state index contributed by atoms with van der Waals surface area (Å²) in [6.07, 6.45) is 2.68. The Morgan fingerprint density at radius 2 is 1.60 bits per heavy atom. The average molecular weight is 227 g/mol. The molecule has 2 nitrogen and oxygen atoms in total. The van der Waals surface area contributed by atoms with Gasteiger partial charge in [-0.3, -0.25) is 4.98 Å². The molecule has 0 amide bonds. The summed E-state index contributed by atoms with van der Waals surface area (Å²) in [6, 6.07) is 3.16. The maximum absolute atomic E-state index is 12.9. The van der Waals surface area contributed by atoms with Crippen molar-refractivity contribution >= 4 is 11.6 Å². The fourth-order valence-corrected chi connectivity index (χ4v) is 1.26. The highest BCUT2D eigenvalue weighted by Crippen LogP contribution is 2.19. The Morgan fingerprint density at radius 1 is 0.933 bits per heavy atom. The van der Waals surface area contributed by atoms with E-state index < -0.39 is 11.6 Å². The fourth-order valence-electron chi connectivity index (χ4n) is 1.16. The van der Waals surface area contributed by atoms with Crippen LogP contribution in [0.5, 0.6) is 0 Å². The zero-order valence-electron chi connectivity index (χ0n) is 7.42. The van der Waals surface area contributed by atoms with Gasteiger partial charge in [-0.05, 0) is 12.1 Å². The number of benzene rings is 1. The van der Waals surface area contributed by atoms with Gasteiger partial charge in [-0.1, -0.05) is 11.6 Å². The van der Waals surface area contributed by atoms with E-state index in [1.807, 2.05) is 0 Å². The minimum atomic E-state index is -0.651. The fraction of sp³-hybridized carbons (Fsp3) is 0. The van der Waals surface area contributed by atoms with Crippen LogP contribution in [0, 0.1) is 11.6 Å². The minimum absolute atomic E-state index is 0.232. The van der Waals surface area contributed by atoms with Gasteiger partial charge in [-0.2, -0.15) is 0 Å². The van der Waals surface area contributed by atoms with Crippen LogP contribution >= 0.6 is 11.6 Å². The normalized spacial score (nSPS) is 10.3. The third-order valence-corrected chi connectivity index (χ3v) is 1.97. The summed E-state index contributed by atoms with van der Waals surface area (Å²) in [6.45, 7) is 0. The first-order valence-electron chi connectivity index (χ1n) is 4.09. The van der Waals surface area contributed by atoms with Crippen LogP contribution in [0.25, 0.3) is 11.3 Å². The first-order valence-corrected chi connectivity index (χ1v) is 4.47. The average Bonchev–Trinajstić information content (AvgIpc) is 2.17. The maximum Gasteiger partial charge on any atom is 0.147 e. The van der Waals surface area contributed by atoms with Crippen LogP contribution in [-0.4, -0.2) is 9.97 Å².